The van der Waals surface area contributed by atoms with Crippen molar-refractivity contribution < 1.29 is 8.42 Å². The monoisotopic (exact) mass is 336 g/mol. The second-order valence-corrected chi connectivity index (χ2v) is 9.25. The van der Waals surface area contributed by atoms with Crippen LogP contribution in [0.15, 0.2) is 16.3 Å². The normalized spacial score (nSPS) is 18.1. The van der Waals surface area contributed by atoms with E-state index in [0.717, 1.165) is 37.3 Å². The molecule has 1 aromatic rings. The summed E-state index contributed by atoms with van der Waals surface area (Å²) in [6.07, 6.45) is 2.06. The number of piperidine rings is 1. The van der Waals surface area contributed by atoms with Crippen molar-refractivity contribution in [1.29, 1.82) is 0 Å². The maximum Gasteiger partial charge on any atom is 0.252 e. The Bertz CT molecular complexity index is 536. The molecule has 0 aromatic carbocycles. The van der Waals surface area contributed by atoms with Gasteiger partial charge in [0, 0.05) is 12.6 Å². The van der Waals surface area contributed by atoms with Crippen molar-refractivity contribution in [2.75, 3.05) is 19.6 Å². The number of nitrogens with one attached hydrogen (secondary N) is 1. The van der Waals surface area contributed by atoms with Crippen LogP contribution in [0.5, 0.6) is 0 Å². The number of rotatable bonds is 5. The van der Waals surface area contributed by atoms with Crippen molar-refractivity contribution in [3.05, 3.63) is 16.5 Å². The molecule has 0 bridgehead atoms. The summed E-state index contributed by atoms with van der Waals surface area (Å²) in [5, 5.41) is 3.31. The summed E-state index contributed by atoms with van der Waals surface area (Å²) in [6.45, 7) is 6.39. The smallest absolute Gasteiger partial charge is 0.252 e. The molecule has 0 saturated carbocycles. The number of sulfonamides is 1. The van der Waals surface area contributed by atoms with Gasteiger partial charge in [-0.3, -0.25) is 0 Å². The summed E-state index contributed by atoms with van der Waals surface area (Å²) in [7, 11) is -3.43. The molecule has 0 atom stereocenters. The minimum atomic E-state index is -3.43. The third kappa shape index (κ3) is 3.74. The van der Waals surface area contributed by atoms with Crippen LogP contribution in [0.25, 0.3) is 0 Å². The molecule has 0 spiro atoms. The molecule has 0 amide bonds. The van der Waals surface area contributed by atoms with E-state index in [1.165, 1.54) is 0 Å². The standard InChI is InChI=1S/C13H21ClN2O2S2/c1-10(2)16(9-11-5-7-15-8-6-11)20(17,18)13-4-3-12(14)19-13/h3-4,10-11,15H,5-9H2,1-2H3. The Labute approximate surface area is 130 Å². The largest absolute Gasteiger partial charge is 0.317 e. The SMILES string of the molecule is CC(C)N(CC1CCNCC1)S(=O)(=O)c1ccc(Cl)s1. The van der Waals surface area contributed by atoms with Crippen LogP contribution in [0.3, 0.4) is 0 Å². The van der Waals surface area contributed by atoms with Crippen molar-refractivity contribution in [3.63, 3.8) is 0 Å². The van der Waals surface area contributed by atoms with Gasteiger partial charge in [0.2, 0.25) is 0 Å². The van der Waals surface area contributed by atoms with E-state index in [-0.39, 0.29) is 6.04 Å². The Balaban J connectivity index is 2.19. The number of nitrogens with zero attached hydrogens (tertiary/aromatic N) is 1. The zero-order valence-corrected chi connectivity index (χ0v) is 14.2. The Morgan fingerprint density at radius 1 is 1.40 bits per heavy atom. The predicted octanol–water partition coefficient (Wildman–Crippen LogP) is 2.80. The molecule has 1 aliphatic rings. The van der Waals surface area contributed by atoms with Crippen LogP contribution >= 0.6 is 22.9 Å². The molecule has 1 aliphatic heterocycles. The van der Waals surface area contributed by atoms with E-state index < -0.39 is 10.0 Å². The summed E-state index contributed by atoms with van der Waals surface area (Å²) >= 11 is 7.00. The van der Waals surface area contributed by atoms with Crippen molar-refractivity contribution in [2.45, 2.75) is 36.9 Å². The first-order chi connectivity index (χ1) is 9.41. The number of halogens is 1. The van der Waals surface area contributed by atoms with Crippen LogP contribution in [0.1, 0.15) is 26.7 Å². The fourth-order valence-electron chi connectivity index (χ4n) is 2.46. The van der Waals surface area contributed by atoms with Gasteiger partial charge in [-0.15, -0.1) is 11.3 Å². The van der Waals surface area contributed by atoms with Gasteiger partial charge in [-0.25, -0.2) is 8.42 Å². The molecular formula is C13H21ClN2O2S2. The molecular weight excluding hydrogens is 316 g/mol. The number of hydrogen-bond acceptors (Lipinski definition) is 4. The first kappa shape index (κ1) is 16.2. The summed E-state index contributed by atoms with van der Waals surface area (Å²) < 4.78 is 27.9. The zero-order valence-electron chi connectivity index (χ0n) is 11.8. The summed E-state index contributed by atoms with van der Waals surface area (Å²) in [4.78, 5) is 0. The molecule has 2 heterocycles. The van der Waals surface area contributed by atoms with Gasteiger partial charge in [-0.1, -0.05) is 11.6 Å². The van der Waals surface area contributed by atoms with Crippen LogP contribution in [-0.2, 0) is 10.0 Å². The molecule has 114 valence electrons. The maximum atomic E-state index is 12.7. The predicted molar refractivity (Wildman–Crippen MR) is 84.0 cm³/mol. The summed E-state index contributed by atoms with van der Waals surface area (Å²) in [5.74, 6) is 0.434. The lowest BCUT2D eigenvalue weighted by Gasteiger charge is -2.31. The summed E-state index contributed by atoms with van der Waals surface area (Å²) in [6, 6.07) is 3.19. The molecule has 0 aliphatic carbocycles. The first-order valence-electron chi connectivity index (χ1n) is 6.89. The van der Waals surface area contributed by atoms with Gasteiger partial charge in [-0.2, -0.15) is 4.31 Å². The molecule has 2 rings (SSSR count). The topological polar surface area (TPSA) is 49.4 Å². The van der Waals surface area contributed by atoms with E-state index in [1.807, 2.05) is 13.8 Å². The highest BCUT2D eigenvalue weighted by molar-refractivity contribution is 7.91. The fourth-order valence-corrected chi connectivity index (χ4v) is 5.78. The van der Waals surface area contributed by atoms with E-state index in [4.69, 9.17) is 11.6 Å². The molecule has 0 unspecified atom stereocenters. The highest BCUT2D eigenvalue weighted by Crippen LogP contribution is 2.30. The van der Waals surface area contributed by atoms with Gasteiger partial charge in [0.1, 0.15) is 4.21 Å². The van der Waals surface area contributed by atoms with Crippen molar-refractivity contribution >= 4 is 33.0 Å². The van der Waals surface area contributed by atoms with Crippen molar-refractivity contribution in [2.24, 2.45) is 5.92 Å². The first-order valence-corrected chi connectivity index (χ1v) is 9.52. The average Bonchev–Trinajstić information content (AvgIpc) is 2.84. The Morgan fingerprint density at radius 2 is 2.05 bits per heavy atom. The Hall–Kier alpha value is -0.140. The third-order valence-corrected chi connectivity index (χ3v) is 7.32. The quantitative estimate of drug-likeness (QED) is 0.899. The minimum Gasteiger partial charge on any atom is -0.317 e. The lowest BCUT2D eigenvalue weighted by atomic mass is 9.98. The molecule has 1 N–H and O–H groups in total. The molecule has 1 saturated heterocycles. The zero-order chi connectivity index (χ0) is 14.8. The molecule has 4 nitrogen and oxygen atoms in total. The van der Waals surface area contributed by atoms with Crippen molar-refractivity contribution in [1.82, 2.24) is 9.62 Å². The highest BCUT2D eigenvalue weighted by atomic mass is 35.5. The third-order valence-electron chi connectivity index (χ3n) is 3.58. The van der Waals surface area contributed by atoms with E-state index in [0.29, 0.717) is 21.0 Å². The van der Waals surface area contributed by atoms with E-state index in [1.54, 1.807) is 16.4 Å². The number of thiophene rings is 1. The molecule has 1 fully saturated rings. The van der Waals surface area contributed by atoms with Gasteiger partial charge < -0.3 is 5.32 Å². The summed E-state index contributed by atoms with van der Waals surface area (Å²) in [5.41, 5.74) is 0. The number of hydrogen-bond donors (Lipinski definition) is 1. The maximum absolute atomic E-state index is 12.7. The minimum absolute atomic E-state index is 0.0456. The van der Waals surface area contributed by atoms with E-state index in [9.17, 15) is 8.42 Å². The van der Waals surface area contributed by atoms with Crippen LogP contribution in [0.4, 0.5) is 0 Å². The van der Waals surface area contributed by atoms with Gasteiger partial charge in [-0.05, 0) is 57.8 Å². The lowest BCUT2D eigenvalue weighted by molar-refractivity contribution is 0.261. The highest BCUT2D eigenvalue weighted by Gasteiger charge is 2.31. The van der Waals surface area contributed by atoms with Gasteiger partial charge in [0.15, 0.2) is 0 Å². The van der Waals surface area contributed by atoms with Crippen LogP contribution in [-0.4, -0.2) is 38.4 Å². The van der Waals surface area contributed by atoms with Gasteiger partial charge in [0.05, 0.1) is 4.34 Å². The Kier molecular flexibility index (Phi) is 5.48. The van der Waals surface area contributed by atoms with Gasteiger partial charge in [0.25, 0.3) is 10.0 Å². The fraction of sp³-hybridized carbons (Fsp3) is 0.692. The van der Waals surface area contributed by atoms with Crippen LogP contribution in [0, 0.1) is 5.92 Å². The van der Waals surface area contributed by atoms with Crippen LogP contribution in [0.2, 0.25) is 4.34 Å². The van der Waals surface area contributed by atoms with E-state index in [2.05, 4.69) is 5.32 Å². The van der Waals surface area contributed by atoms with Crippen molar-refractivity contribution in [3.8, 4) is 0 Å². The molecule has 1 aromatic heterocycles. The Morgan fingerprint density at radius 3 is 2.55 bits per heavy atom. The molecule has 0 radical (unpaired) electrons. The van der Waals surface area contributed by atoms with E-state index >= 15 is 0 Å². The second-order valence-electron chi connectivity index (χ2n) is 5.42. The lowest BCUT2D eigenvalue weighted by Crippen LogP contribution is -2.42. The average molecular weight is 337 g/mol. The van der Waals surface area contributed by atoms with Crippen LogP contribution < -0.4 is 5.32 Å². The molecule has 7 heteroatoms. The molecule has 20 heavy (non-hydrogen) atoms. The second kappa shape index (κ2) is 6.75. The van der Waals surface area contributed by atoms with Gasteiger partial charge >= 0.3 is 0 Å².